The van der Waals surface area contributed by atoms with Crippen LogP contribution in [0.3, 0.4) is 0 Å². The van der Waals surface area contributed by atoms with Crippen LogP contribution in [0.1, 0.15) is 20.3 Å². The van der Waals surface area contributed by atoms with Gasteiger partial charge in [-0.1, -0.05) is 26.0 Å². The van der Waals surface area contributed by atoms with Gasteiger partial charge in [0.2, 0.25) is 0 Å². The molecule has 0 radical (unpaired) electrons. The second-order valence-corrected chi connectivity index (χ2v) is 2.51. The molecule has 1 N–H and O–H groups in total. The van der Waals surface area contributed by atoms with E-state index in [1.54, 1.807) is 0 Å². The number of hydrogen-bond donors (Lipinski definition) is 1. The molecular weight excluding hydrogens is 100 g/mol. The lowest BCUT2D eigenvalue weighted by Crippen LogP contribution is -1.93. The van der Waals surface area contributed by atoms with Crippen molar-refractivity contribution in [3.63, 3.8) is 0 Å². The molecule has 0 fully saturated rings. The number of aliphatic hydroxyl groups is 1. The molecule has 0 rings (SSSR count). The van der Waals surface area contributed by atoms with E-state index in [-0.39, 0.29) is 6.61 Å². The van der Waals surface area contributed by atoms with Crippen molar-refractivity contribution in [2.45, 2.75) is 20.3 Å². The van der Waals surface area contributed by atoms with Crippen LogP contribution >= 0.6 is 0 Å². The minimum Gasteiger partial charge on any atom is -0.392 e. The van der Waals surface area contributed by atoms with Gasteiger partial charge in [0, 0.05) is 0 Å². The summed E-state index contributed by atoms with van der Waals surface area (Å²) in [5.41, 5.74) is 0.931. The zero-order chi connectivity index (χ0) is 6.57. The molecule has 0 unspecified atom stereocenters. The molecule has 0 aliphatic heterocycles. The average Bonchev–Trinajstić information content (AvgIpc) is 1.65. The Hall–Kier alpha value is -0.300. The summed E-state index contributed by atoms with van der Waals surface area (Å²) in [7, 11) is 0. The highest BCUT2D eigenvalue weighted by atomic mass is 16.3. The lowest BCUT2D eigenvalue weighted by molar-refractivity contribution is 0.323. The highest BCUT2D eigenvalue weighted by Gasteiger charge is 1.94. The lowest BCUT2D eigenvalue weighted by atomic mass is 10.1. The van der Waals surface area contributed by atoms with E-state index in [1.165, 1.54) is 0 Å². The fourth-order valence-corrected chi connectivity index (χ4v) is 0.642. The van der Waals surface area contributed by atoms with E-state index in [9.17, 15) is 0 Å². The smallest absolute Gasteiger partial charge is 0.0639 e. The summed E-state index contributed by atoms with van der Waals surface area (Å²) in [5.74, 6) is 0.620. The van der Waals surface area contributed by atoms with Gasteiger partial charge < -0.3 is 5.11 Å². The van der Waals surface area contributed by atoms with Gasteiger partial charge in [0.1, 0.15) is 0 Å². The van der Waals surface area contributed by atoms with Gasteiger partial charge in [-0.3, -0.25) is 0 Å². The molecule has 1 nitrogen and oxygen atoms in total. The fraction of sp³-hybridized carbons (Fsp3) is 0.714. The summed E-state index contributed by atoms with van der Waals surface area (Å²) < 4.78 is 0. The van der Waals surface area contributed by atoms with E-state index in [2.05, 4.69) is 20.4 Å². The van der Waals surface area contributed by atoms with E-state index < -0.39 is 0 Å². The molecule has 8 heavy (non-hydrogen) atoms. The topological polar surface area (TPSA) is 20.2 Å². The average molecular weight is 114 g/mol. The Kier molecular flexibility index (Phi) is 3.53. The molecule has 0 bridgehead atoms. The minimum absolute atomic E-state index is 0.137. The first-order chi connectivity index (χ1) is 3.66. The second-order valence-electron chi connectivity index (χ2n) is 2.51. The Labute approximate surface area is 51.0 Å². The predicted molar refractivity (Wildman–Crippen MR) is 35.7 cm³/mol. The van der Waals surface area contributed by atoms with Gasteiger partial charge in [-0.05, 0) is 12.3 Å². The van der Waals surface area contributed by atoms with E-state index >= 15 is 0 Å². The number of aliphatic hydroxyl groups excluding tert-OH is 1. The van der Waals surface area contributed by atoms with Gasteiger partial charge in [-0.15, -0.1) is 0 Å². The van der Waals surface area contributed by atoms with E-state index in [4.69, 9.17) is 5.11 Å². The van der Waals surface area contributed by atoms with Crippen LogP contribution in [0.2, 0.25) is 0 Å². The van der Waals surface area contributed by atoms with E-state index in [1.807, 2.05) is 0 Å². The third-order valence-electron chi connectivity index (χ3n) is 0.921. The van der Waals surface area contributed by atoms with Crippen molar-refractivity contribution in [2.24, 2.45) is 5.92 Å². The third-order valence-corrected chi connectivity index (χ3v) is 0.921. The monoisotopic (exact) mass is 114 g/mol. The molecule has 1 heteroatoms. The Bertz CT molecular complexity index is 74.5. The lowest BCUT2D eigenvalue weighted by Gasteiger charge is -2.03. The molecule has 0 aromatic rings. The molecule has 0 aromatic carbocycles. The third kappa shape index (κ3) is 3.88. The van der Waals surface area contributed by atoms with Crippen molar-refractivity contribution >= 4 is 0 Å². The minimum atomic E-state index is 0.137. The summed E-state index contributed by atoms with van der Waals surface area (Å²) in [6.45, 7) is 8.02. The van der Waals surface area contributed by atoms with Crippen molar-refractivity contribution < 1.29 is 5.11 Å². The van der Waals surface area contributed by atoms with Crippen LogP contribution in [0.15, 0.2) is 12.2 Å². The molecule has 0 amide bonds. The second kappa shape index (κ2) is 3.67. The van der Waals surface area contributed by atoms with Crippen molar-refractivity contribution in [1.82, 2.24) is 0 Å². The summed E-state index contributed by atoms with van der Waals surface area (Å²) in [6.07, 6.45) is 0.941. The largest absolute Gasteiger partial charge is 0.392 e. The number of hydrogen-bond acceptors (Lipinski definition) is 1. The fourth-order valence-electron chi connectivity index (χ4n) is 0.642. The van der Waals surface area contributed by atoms with Crippen LogP contribution in [0, 0.1) is 5.92 Å². The Morgan fingerprint density at radius 2 is 2.12 bits per heavy atom. The van der Waals surface area contributed by atoms with Crippen LogP contribution in [0.5, 0.6) is 0 Å². The summed E-state index contributed by atoms with van der Waals surface area (Å²) in [5, 5.41) is 8.48. The first kappa shape index (κ1) is 7.70. The molecule has 0 aliphatic carbocycles. The van der Waals surface area contributed by atoms with Gasteiger partial charge in [0.05, 0.1) is 6.61 Å². The van der Waals surface area contributed by atoms with Crippen LogP contribution in [0.4, 0.5) is 0 Å². The Morgan fingerprint density at radius 1 is 1.62 bits per heavy atom. The maximum absolute atomic E-state index is 8.48. The molecule has 0 aromatic heterocycles. The van der Waals surface area contributed by atoms with Crippen LogP contribution in [-0.4, -0.2) is 11.7 Å². The van der Waals surface area contributed by atoms with E-state index in [0.717, 1.165) is 12.0 Å². The highest BCUT2D eigenvalue weighted by Crippen LogP contribution is 2.06. The molecule has 0 saturated carbocycles. The van der Waals surface area contributed by atoms with Crippen molar-refractivity contribution in [2.75, 3.05) is 6.61 Å². The maximum Gasteiger partial charge on any atom is 0.0639 e. The van der Waals surface area contributed by atoms with Gasteiger partial charge in [0.25, 0.3) is 0 Å². The van der Waals surface area contributed by atoms with Gasteiger partial charge in [0.15, 0.2) is 0 Å². The quantitative estimate of drug-likeness (QED) is 0.552. The molecule has 0 heterocycles. The van der Waals surface area contributed by atoms with Gasteiger partial charge in [-0.25, -0.2) is 0 Å². The first-order valence-electron chi connectivity index (χ1n) is 2.94. The molecular formula is C7H14O. The first-order valence-corrected chi connectivity index (χ1v) is 2.94. The van der Waals surface area contributed by atoms with Crippen LogP contribution < -0.4 is 0 Å². The summed E-state index contributed by atoms with van der Waals surface area (Å²) in [6, 6.07) is 0. The number of rotatable bonds is 3. The van der Waals surface area contributed by atoms with Crippen molar-refractivity contribution in [1.29, 1.82) is 0 Å². The maximum atomic E-state index is 8.48. The summed E-state index contributed by atoms with van der Waals surface area (Å²) in [4.78, 5) is 0. The van der Waals surface area contributed by atoms with Gasteiger partial charge in [-0.2, -0.15) is 0 Å². The zero-order valence-electron chi connectivity index (χ0n) is 5.65. The molecule has 48 valence electrons. The molecule has 0 saturated heterocycles. The highest BCUT2D eigenvalue weighted by molar-refractivity contribution is 4.93. The SMILES string of the molecule is C=C(CO)CC(C)C. The van der Waals surface area contributed by atoms with Gasteiger partial charge >= 0.3 is 0 Å². The standard InChI is InChI=1S/C7H14O/c1-6(2)4-7(3)5-8/h6,8H,3-5H2,1-2H3. The Balaban J connectivity index is 3.25. The van der Waals surface area contributed by atoms with Crippen molar-refractivity contribution in [3.8, 4) is 0 Å². The van der Waals surface area contributed by atoms with Crippen molar-refractivity contribution in [3.05, 3.63) is 12.2 Å². The normalized spacial score (nSPS) is 10.0. The van der Waals surface area contributed by atoms with Crippen LogP contribution in [0.25, 0.3) is 0 Å². The zero-order valence-corrected chi connectivity index (χ0v) is 5.65. The Morgan fingerprint density at radius 3 is 2.25 bits per heavy atom. The van der Waals surface area contributed by atoms with E-state index in [0.29, 0.717) is 5.92 Å². The molecule has 0 spiro atoms. The molecule has 0 atom stereocenters. The molecule has 0 aliphatic rings. The predicted octanol–water partition coefficient (Wildman–Crippen LogP) is 1.58. The summed E-state index contributed by atoms with van der Waals surface area (Å²) >= 11 is 0. The van der Waals surface area contributed by atoms with Crippen LogP contribution in [-0.2, 0) is 0 Å².